The van der Waals surface area contributed by atoms with Crippen LogP contribution in [0.1, 0.15) is 23.4 Å². The Balaban J connectivity index is 1.63. The third-order valence-corrected chi connectivity index (χ3v) is 7.42. The number of carbonyl (C=O) groups excluding carboxylic acids is 2. The third kappa shape index (κ3) is 7.01. The zero-order chi connectivity index (χ0) is 30.9. The minimum atomic E-state index is -4.64. The first kappa shape index (κ1) is 31.2. The van der Waals surface area contributed by atoms with Crippen LogP contribution in [0.5, 0.6) is 0 Å². The van der Waals surface area contributed by atoms with Crippen LogP contribution in [0, 0.1) is 25.6 Å². The van der Waals surface area contributed by atoms with Crippen LogP contribution in [0.2, 0.25) is 5.02 Å². The number of hydrogen-bond donors (Lipinski definition) is 1. The number of pyridine rings is 1. The summed E-state index contributed by atoms with van der Waals surface area (Å²) in [6.45, 7) is 4.59. The molecule has 2 aromatic heterocycles. The minimum Gasteiger partial charge on any atom is -0.344 e. The number of hydrogen-bond acceptors (Lipinski definition) is 6. The maximum atomic E-state index is 13.7. The van der Waals surface area contributed by atoms with E-state index in [2.05, 4.69) is 15.4 Å². The van der Waals surface area contributed by atoms with E-state index < -0.39 is 41.3 Å². The van der Waals surface area contributed by atoms with Gasteiger partial charge in [-0.05, 0) is 64.7 Å². The largest absolute Gasteiger partial charge is 0.416 e. The first-order valence-corrected chi connectivity index (χ1v) is 13.6. The van der Waals surface area contributed by atoms with Crippen LogP contribution < -0.4 is 15.1 Å². The molecule has 0 saturated carbocycles. The maximum absolute atomic E-state index is 13.7. The molecule has 1 aliphatic rings. The van der Waals surface area contributed by atoms with Gasteiger partial charge in [0.1, 0.15) is 17.7 Å². The molecule has 3 aromatic rings. The van der Waals surface area contributed by atoms with Gasteiger partial charge in [-0.2, -0.15) is 18.3 Å². The number of amides is 2. The summed E-state index contributed by atoms with van der Waals surface area (Å²) < 4.78 is 56.5. The lowest BCUT2D eigenvalue weighted by Crippen LogP contribution is -2.44. The number of anilines is 3. The smallest absolute Gasteiger partial charge is 0.344 e. The van der Waals surface area contributed by atoms with Crippen LogP contribution >= 0.6 is 11.6 Å². The lowest BCUT2D eigenvalue weighted by Gasteiger charge is -2.29. The van der Waals surface area contributed by atoms with Gasteiger partial charge in [0, 0.05) is 43.3 Å². The molecule has 1 aromatic carbocycles. The zero-order valence-corrected chi connectivity index (χ0v) is 24.6. The number of benzene rings is 1. The van der Waals surface area contributed by atoms with E-state index in [-0.39, 0.29) is 35.2 Å². The Hall–Kier alpha value is -3.71. The molecule has 2 atom stereocenters. The van der Waals surface area contributed by atoms with Crippen molar-refractivity contribution in [1.29, 1.82) is 0 Å². The normalized spacial score (nSPS) is 17.2. The number of nitrogens with zero attached hydrogens (tertiary/aromatic N) is 6. The number of likely N-dealkylation sites (N-methyl/N-ethyl adjacent to an activating group) is 2. The Morgan fingerprint density at radius 2 is 1.83 bits per heavy atom. The van der Waals surface area contributed by atoms with E-state index in [0.29, 0.717) is 12.4 Å². The highest BCUT2D eigenvalue weighted by Crippen LogP contribution is 2.36. The highest BCUT2D eigenvalue weighted by molar-refractivity contribution is 6.31. The second-order valence-electron chi connectivity index (χ2n) is 10.6. The highest BCUT2D eigenvalue weighted by atomic mass is 35.5. The quantitative estimate of drug-likeness (QED) is 0.371. The van der Waals surface area contributed by atoms with Gasteiger partial charge in [-0.25, -0.2) is 9.37 Å². The molecule has 1 N–H and O–H groups in total. The molecule has 0 radical (unpaired) electrons. The van der Waals surface area contributed by atoms with Crippen molar-refractivity contribution in [3.05, 3.63) is 64.2 Å². The molecule has 1 saturated heterocycles. The van der Waals surface area contributed by atoms with Crippen molar-refractivity contribution in [2.24, 2.45) is 5.92 Å². The molecule has 3 heterocycles. The van der Waals surface area contributed by atoms with Crippen molar-refractivity contribution in [3.8, 4) is 0 Å². The average molecular weight is 610 g/mol. The van der Waals surface area contributed by atoms with Gasteiger partial charge >= 0.3 is 6.18 Å². The van der Waals surface area contributed by atoms with Gasteiger partial charge in [0.15, 0.2) is 5.82 Å². The van der Waals surface area contributed by atoms with E-state index >= 15 is 0 Å². The SMILES string of the molecule is Cc1cc(C(F)(F)F)cc(N2C[C@@H](C(=O)Nc3cc(C)n(CCN(C)C)n3)C[C@H]2C(=O)N(C)c2ccc(F)c(Cl)c2)n1. The molecular weight excluding hydrogens is 578 g/mol. The van der Waals surface area contributed by atoms with Crippen LogP contribution in [-0.4, -0.2) is 71.8 Å². The van der Waals surface area contributed by atoms with Crippen LogP contribution in [0.15, 0.2) is 36.4 Å². The van der Waals surface area contributed by atoms with Crippen LogP contribution in [0.3, 0.4) is 0 Å². The van der Waals surface area contributed by atoms with Gasteiger partial charge in [-0.15, -0.1) is 0 Å². The first-order valence-electron chi connectivity index (χ1n) is 13.2. The Kier molecular flexibility index (Phi) is 9.12. The van der Waals surface area contributed by atoms with E-state index in [9.17, 15) is 27.2 Å². The van der Waals surface area contributed by atoms with Crippen molar-refractivity contribution in [3.63, 3.8) is 0 Å². The Morgan fingerprint density at radius 3 is 2.48 bits per heavy atom. The maximum Gasteiger partial charge on any atom is 0.416 e. The highest BCUT2D eigenvalue weighted by Gasteiger charge is 2.43. The number of aryl methyl sites for hydroxylation is 2. The summed E-state index contributed by atoms with van der Waals surface area (Å²) in [5, 5.41) is 7.05. The van der Waals surface area contributed by atoms with E-state index in [1.807, 2.05) is 25.9 Å². The molecule has 4 rings (SSSR count). The monoisotopic (exact) mass is 609 g/mol. The molecule has 0 aliphatic carbocycles. The number of halogens is 5. The van der Waals surface area contributed by atoms with E-state index in [0.717, 1.165) is 30.4 Å². The van der Waals surface area contributed by atoms with Gasteiger partial charge in [0.05, 0.1) is 23.0 Å². The van der Waals surface area contributed by atoms with E-state index in [1.54, 1.807) is 10.7 Å². The number of carbonyl (C=O) groups is 2. The van der Waals surface area contributed by atoms with Gasteiger partial charge in [-0.3, -0.25) is 14.3 Å². The second kappa shape index (κ2) is 12.3. The van der Waals surface area contributed by atoms with Crippen LogP contribution in [-0.2, 0) is 22.3 Å². The summed E-state index contributed by atoms with van der Waals surface area (Å²) >= 11 is 5.91. The minimum absolute atomic E-state index is 0.00122. The summed E-state index contributed by atoms with van der Waals surface area (Å²) in [5.41, 5.74) is 0.320. The van der Waals surface area contributed by atoms with Crippen LogP contribution in [0.4, 0.5) is 34.9 Å². The summed E-state index contributed by atoms with van der Waals surface area (Å²) in [6.07, 6.45) is -4.63. The van der Waals surface area contributed by atoms with Crippen LogP contribution in [0.25, 0.3) is 0 Å². The van der Waals surface area contributed by atoms with Crippen molar-refractivity contribution in [2.75, 3.05) is 49.3 Å². The van der Waals surface area contributed by atoms with Gasteiger partial charge in [0.2, 0.25) is 11.8 Å². The van der Waals surface area contributed by atoms with Crippen molar-refractivity contribution < 1.29 is 27.2 Å². The fourth-order valence-corrected chi connectivity index (χ4v) is 5.01. The predicted octanol–water partition coefficient (Wildman–Crippen LogP) is 4.76. The number of nitrogens with one attached hydrogen (secondary N) is 1. The number of rotatable bonds is 8. The molecule has 42 heavy (non-hydrogen) atoms. The molecule has 0 bridgehead atoms. The lowest BCUT2D eigenvalue weighted by molar-refractivity contribution is -0.137. The summed E-state index contributed by atoms with van der Waals surface area (Å²) in [6, 6.07) is 6.24. The standard InChI is InChI=1S/C28H32ClF4N7O2/c1-16-10-19(28(31,32)33)13-25(34-16)39-15-18(26(41)35-24-11-17(2)40(36-24)9-8-37(3)4)12-23(39)27(42)38(5)20-6-7-22(30)21(29)14-20/h6-7,10-11,13-14,18,23H,8-9,12,15H2,1-5H3,(H,35,36,41)/t18-,23-/m0/s1. The average Bonchev–Trinajstić information content (AvgIpc) is 3.51. The van der Waals surface area contributed by atoms with E-state index in [4.69, 9.17) is 11.6 Å². The molecular formula is C28H32ClF4N7O2. The van der Waals surface area contributed by atoms with E-state index in [1.165, 1.54) is 35.9 Å². The third-order valence-electron chi connectivity index (χ3n) is 7.13. The number of aromatic nitrogens is 3. The second-order valence-corrected chi connectivity index (χ2v) is 11.0. The van der Waals surface area contributed by atoms with Crippen molar-refractivity contribution in [2.45, 2.75) is 39.0 Å². The summed E-state index contributed by atoms with van der Waals surface area (Å²) in [7, 11) is 5.33. The van der Waals surface area contributed by atoms with Gasteiger partial charge < -0.3 is 20.0 Å². The number of alkyl halides is 3. The molecule has 2 amide bonds. The Morgan fingerprint density at radius 1 is 1.12 bits per heavy atom. The molecule has 9 nitrogen and oxygen atoms in total. The molecule has 0 unspecified atom stereocenters. The topological polar surface area (TPSA) is 86.6 Å². The summed E-state index contributed by atoms with van der Waals surface area (Å²) in [4.78, 5) is 36.1. The molecule has 0 spiro atoms. The molecule has 1 fully saturated rings. The fraction of sp³-hybridized carbons (Fsp3) is 0.429. The summed E-state index contributed by atoms with van der Waals surface area (Å²) in [5.74, 6) is -2.12. The fourth-order valence-electron chi connectivity index (χ4n) is 4.84. The van der Waals surface area contributed by atoms with Crippen molar-refractivity contribution in [1.82, 2.24) is 19.7 Å². The van der Waals surface area contributed by atoms with Crippen molar-refractivity contribution >= 4 is 40.7 Å². The Labute approximate surface area is 246 Å². The molecule has 1 aliphatic heterocycles. The predicted molar refractivity (Wildman–Crippen MR) is 152 cm³/mol. The Bertz CT molecular complexity index is 1480. The zero-order valence-electron chi connectivity index (χ0n) is 23.8. The molecule has 226 valence electrons. The molecule has 14 heteroatoms. The van der Waals surface area contributed by atoms with Gasteiger partial charge in [0.25, 0.3) is 0 Å². The lowest BCUT2D eigenvalue weighted by atomic mass is 10.0. The van der Waals surface area contributed by atoms with Gasteiger partial charge in [-0.1, -0.05) is 11.6 Å². The first-order chi connectivity index (χ1) is 19.6.